The molecule has 1 unspecified atom stereocenters. The highest BCUT2D eigenvalue weighted by Gasteiger charge is 2.36. The number of primary amides is 1. The maximum Gasteiger partial charge on any atom is 0.230 e. The van der Waals surface area contributed by atoms with E-state index in [-0.39, 0.29) is 5.78 Å². The molecule has 76 valence electrons. The molecule has 0 bridgehead atoms. The molecular weight excluding hydrogens is 166 g/mol. The minimum absolute atomic E-state index is 0.0477. The maximum atomic E-state index is 11.5. The lowest BCUT2D eigenvalue weighted by Crippen LogP contribution is -2.41. The summed E-state index contributed by atoms with van der Waals surface area (Å²) < 4.78 is 0. The second-order valence-corrected chi connectivity index (χ2v) is 3.58. The summed E-state index contributed by atoms with van der Waals surface area (Å²) in [6.07, 6.45) is 2.79. The van der Waals surface area contributed by atoms with Gasteiger partial charge in [-0.25, -0.2) is 0 Å². The molecule has 0 aromatic carbocycles. The van der Waals surface area contributed by atoms with Crippen molar-refractivity contribution in [2.45, 2.75) is 46.5 Å². The van der Waals surface area contributed by atoms with E-state index in [2.05, 4.69) is 0 Å². The van der Waals surface area contributed by atoms with Crippen molar-refractivity contribution in [2.24, 2.45) is 11.1 Å². The van der Waals surface area contributed by atoms with E-state index in [0.717, 1.165) is 12.8 Å². The molecule has 3 nitrogen and oxygen atoms in total. The average Bonchev–Trinajstić information content (AvgIpc) is 2.12. The number of carbonyl (C=O) groups is 2. The monoisotopic (exact) mass is 185 g/mol. The van der Waals surface area contributed by atoms with E-state index in [4.69, 9.17) is 5.73 Å². The fourth-order valence-corrected chi connectivity index (χ4v) is 1.32. The maximum absolute atomic E-state index is 11.5. The van der Waals surface area contributed by atoms with Crippen LogP contribution < -0.4 is 5.73 Å². The van der Waals surface area contributed by atoms with Crippen molar-refractivity contribution in [1.82, 2.24) is 0 Å². The standard InChI is InChI=1S/C10H19NO2/c1-4-6-7-10(3,9(11)13)8(12)5-2/h4-7H2,1-3H3,(H2,11,13). The van der Waals surface area contributed by atoms with Crippen LogP contribution >= 0.6 is 0 Å². The highest BCUT2D eigenvalue weighted by Crippen LogP contribution is 2.26. The van der Waals surface area contributed by atoms with Crippen LogP contribution in [0.2, 0.25) is 0 Å². The Hall–Kier alpha value is -0.860. The number of ketones is 1. The number of Topliss-reactive ketones (excluding diaryl/α,β-unsaturated/α-hetero) is 1. The molecule has 13 heavy (non-hydrogen) atoms. The highest BCUT2D eigenvalue weighted by atomic mass is 16.2. The molecule has 0 fully saturated rings. The minimum Gasteiger partial charge on any atom is -0.369 e. The number of hydrogen-bond donors (Lipinski definition) is 1. The molecule has 0 aromatic heterocycles. The molecule has 1 amide bonds. The Bertz CT molecular complexity index is 201. The second kappa shape index (κ2) is 5.00. The number of unbranched alkanes of at least 4 members (excludes halogenated alkanes) is 1. The Kier molecular flexibility index (Phi) is 4.67. The fraction of sp³-hybridized carbons (Fsp3) is 0.800. The van der Waals surface area contributed by atoms with Crippen LogP contribution in [-0.4, -0.2) is 11.7 Å². The van der Waals surface area contributed by atoms with Gasteiger partial charge in [-0.05, 0) is 13.3 Å². The Balaban J connectivity index is 4.52. The molecule has 0 radical (unpaired) electrons. The number of carbonyl (C=O) groups excluding carboxylic acids is 2. The molecular formula is C10H19NO2. The smallest absolute Gasteiger partial charge is 0.230 e. The zero-order chi connectivity index (χ0) is 10.5. The number of hydrogen-bond acceptors (Lipinski definition) is 2. The molecule has 0 rings (SSSR count). The molecule has 1 atom stereocenters. The van der Waals surface area contributed by atoms with Gasteiger partial charge >= 0.3 is 0 Å². The van der Waals surface area contributed by atoms with Crippen LogP contribution in [0.15, 0.2) is 0 Å². The van der Waals surface area contributed by atoms with Gasteiger partial charge in [-0.1, -0.05) is 26.7 Å². The van der Waals surface area contributed by atoms with Gasteiger partial charge in [-0.3, -0.25) is 9.59 Å². The molecule has 0 saturated carbocycles. The third kappa shape index (κ3) is 2.83. The van der Waals surface area contributed by atoms with E-state index < -0.39 is 11.3 Å². The summed E-state index contributed by atoms with van der Waals surface area (Å²) in [5.41, 5.74) is 4.29. The Morgan fingerprint density at radius 2 is 1.85 bits per heavy atom. The highest BCUT2D eigenvalue weighted by molar-refractivity contribution is 6.04. The van der Waals surface area contributed by atoms with Crippen LogP contribution in [0.25, 0.3) is 0 Å². The number of nitrogens with two attached hydrogens (primary N) is 1. The van der Waals surface area contributed by atoms with E-state index in [1.807, 2.05) is 6.92 Å². The van der Waals surface area contributed by atoms with Crippen molar-refractivity contribution in [3.8, 4) is 0 Å². The Labute approximate surface area is 79.7 Å². The summed E-state index contributed by atoms with van der Waals surface area (Å²) in [4.78, 5) is 22.6. The molecule has 0 spiro atoms. The van der Waals surface area contributed by atoms with Crippen LogP contribution in [0.4, 0.5) is 0 Å². The predicted molar refractivity (Wildman–Crippen MR) is 52.1 cm³/mol. The van der Waals surface area contributed by atoms with E-state index >= 15 is 0 Å². The zero-order valence-corrected chi connectivity index (χ0v) is 8.72. The molecule has 0 saturated heterocycles. The van der Waals surface area contributed by atoms with Gasteiger partial charge in [0.2, 0.25) is 5.91 Å². The average molecular weight is 185 g/mol. The number of amides is 1. The van der Waals surface area contributed by atoms with Gasteiger partial charge in [0.05, 0.1) is 0 Å². The van der Waals surface area contributed by atoms with Gasteiger partial charge in [-0.2, -0.15) is 0 Å². The van der Waals surface area contributed by atoms with Crippen LogP contribution in [0.5, 0.6) is 0 Å². The van der Waals surface area contributed by atoms with Crippen molar-refractivity contribution >= 4 is 11.7 Å². The summed E-state index contributed by atoms with van der Waals surface area (Å²) in [6.45, 7) is 5.43. The third-order valence-electron chi connectivity index (χ3n) is 2.51. The van der Waals surface area contributed by atoms with Crippen LogP contribution in [0.1, 0.15) is 46.5 Å². The van der Waals surface area contributed by atoms with Crippen LogP contribution in [0, 0.1) is 5.41 Å². The van der Waals surface area contributed by atoms with Gasteiger partial charge in [0.25, 0.3) is 0 Å². The molecule has 0 aromatic rings. The lowest BCUT2D eigenvalue weighted by molar-refractivity contribution is -0.139. The SMILES string of the molecule is CCCCC(C)(C(N)=O)C(=O)CC. The van der Waals surface area contributed by atoms with Crippen molar-refractivity contribution in [3.05, 3.63) is 0 Å². The predicted octanol–water partition coefficient (Wildman–Crippen LogP) is 1.65. The fourth-order valence-electron chi connectivity index (χ4n) is 1.32. The van der Waals surface area contributed by atoms with Gasteiger partial charge in [0.15, 0.2) is 0 Å². The first-order valence-corrected chi connectivity index (χ1v) is 4.82. The van der Waals surface area contributed by atoms with Crippen molar-refractivity contribution in [3.63, 3.8) is 0 Å². The van der Waals surface area contributed by atoms with E-state index in [1.165, 1.54) is 0 Å². The van der Waals surface area contributed by atoms with Gasteiger partial charge in [0, 0.05) is 6.42 Å². The number of rotatable bonds is 6. The Morgan fingerprint density at radius 3 is 2.15 bits per heavy atom. The van der Waals surface area contributed by atoms with Crippen molar-refractivity contribution in [2.75, 3.05) is 0 Å². The molecule has 0 aliphatic heterocycles. The Morgan fingerprint density at radius 1 is 1.31 bits per heavy atom. The van der Waals surface area contributed by atoms with Gasteiger partial charge in [-0.15, -0.1) is 0 Å². The summed E-state index contributed by atoms with van der Waals surface area (Å²) >= 11 is 0. The lowest BCUT2D eigenvalue weighted by Gasteiger charge is -2.23. The van der Waals surface area contributed by atoms with E-state index in [1.54, 1.807) is 13.8 Å². The molecule has 2 N–H and O–H groups in total. The third-order valence-corrected chi connectivity index (χ3v) is 2.51. The van der Waals surface area contributed by atoms with Crippen molar-refractivity contribution in [1.29, 1.82) is 0 Å². The molecule has 0 aliphatic rings. The first-order valence-electron chi connectivity index (χ1n) is 4.82. The zero-order valence-electron chi connectivity index (χ0n) is 8.72. The first kappa shape index (κ1) is 12.1. The van der Waals surface area contributed by atoms with Gasteiger partial charge < -0.3 is 5.73 Å². The first-order chi connectivity index (χ1) is 5.99. The summed E-state index contributed by atoms with van der Waals surface area (Å²) in [6, 6.07) is 0. The minimum atomic E-state index is -0.940. The lowest BCUT2D eigenvalue weighted by atomic mass is 9.79. The van der Waals surface area contributed by atoms with E-state index in [0.29, 0.717) is 12.8 Å². The normalized spacial score (nSPS) is 15.0. The summed E-state index contributed by atoms with van der Waals surface area (Å²) in [5, 5.41) is 0. The quantitative estimate of drug-likeness (QED) is 0.639. The van der Waals surface area contributed by atoms with Crippen LogP contribution in [0.3, 0.4) is 0 Å². The second-order valence-electron chi connectivity index (χ2n) is 3.58. The molecule has 0 aliphatic carbocycles. The van der Waals surface area contributed by atoms with Crippen molar-refractivity contribution < 1.29 is 9.59 Å². The largest absolute Gasteiger partial charge is 0.369 e. The topological polar surface area (TPSA) is 60.2 Å². The van der Waals surface area contributed by atoms with Gasteiger partial charge in [0.1, 0.15) is 11.2 Å². The summed E-state index contributed by atoms with van der Waals surface area (Å²) in [5.74, 6) is -0.541. The molecule has 3 heteroatoms. The van der Waals surface area contributed by atoms with Crippen LogP contribution in [-0.2, 0) is 9.59 Å². The summed E-state index contributed by atoms with van der Waals surface area (Å²) in [7, 11) is 0. The molecule has 0 heterocycles. The van der Waals surface area contributed by atoms with E-state index in [9.17, 15) is 9.59 Å².